The summed E-state index contributed by atoms with van der Waals surface area (Å²) in [6, 6.07) is 11.5. The Morgan fingerprint density at radius 3 is 2.76 bits per heavy atom. The van der Waals surface area contributed by atoms with Gasteiger partial charge in [0.2, 0.25) is 5.91 Å². The number of hydrogen-bond donors (Lipinski definition) is 0. The molecule has 21 heavy (non-hydrogen) atoms. The molecule has 1 aliphatic carbocycles. The summed E-state index contributed by atoms with van der Waals surface area (Å²) < 4.78 is 0. The highest BCUT2D eigenvalue weighted by atomic mass is 16.2. The second-order valence-electron chi connectivity index (χ2n) is 6.52. The Morgan fingerprint density at radius 1 is 1.29 bits per heavy atom. The summed E-state index contributed by atoms with van der Waals surface area (Å²) in [5.74, 6) is 1.61. The van der Waals surface area contributed by atoms with Crippen LogP contribution in [0.5, 0.6) is 0 Å². The first-order valence-corrected chi connectivity index (χ1v) is 8.23. The molecule has 1 aromatic rings. The van der Waals surface area contributed by atoms with Crippen LogP contribution < -0.4 is 0 Å². The SMILES string of the molecule is CCN(C)C(=O)CN1CC(c2ccccc2)C2CCCC21. The van der Waals surface area contributed by atoms with Crippen molar-refractivity contribution in [1.29, 1.82) is 0 Å². The standard InChI is InChI=1S/C18H26N2O/c1-3-19(2)18(21)13-20-12-16(14-8-5-4-6-9-14)15-10-7-11-17(15)20/h4-6,8-9,15-17H,3,7,10-13H2,1-2H3. The van der Waals surface area contributed by atoms with Crippen molar-refractivity contribution in [3.8, 4) is 0 Å². The Labute approximate surface area is 127 Å². The lowest BCUT2D eigenvalue weighted by molar-refractivity contribution is -0.131. The molecule has 0 aromatic heterocycles. The summed E-state index contributed by atoms with van der Waals surface area (Å²) in [6.45, 7) is 4.47. The average molecular weight is 286 g/mol. The van der Waals surface area contributed by atoms with E-state index in [1.165, 1.54) is 24.8 Å². The lowest BCUT2D eigenvalue weighted by Crippen LogP contribution is -2.40. The normalized spacial score (nSPS) is 28.6. The summed E-state index contributed by atoms with van der Waals surface area (Å²) in [7, 11) is 1.90. The molecule has 3 atom stereocenters. The van der Waals surface area contributed by atoms with Gasteiger partial charge in [0.25, 0.3) is 0 Å². The van der Waals surface area contributed by atoms with E-state index in [0.29, 0.717) is 18.5 Å². The van der Waals surface area contributed by atoms with E-state index in [1.54, 1.807) is 0 Å². The van der Waals surface area contributed by atoms with Crippen LogP contribution in [-0.2, 0) is 4.79 Å². The van der Waals surface area contributed by atoms with Crippen molar-refractivity contribution in [1.82, 2.24) is 9.80 Å². The Balaban J connectivity index is 1.74. The van der Waals surface area contributed by atoms with Crippen molar-refractivity contribution < 1.29 is 4.79 Å². The van der Waals surface area contributed by atoms with Gasteiger partial charge < -0.3 is 4.90 Å². The Kier molecular flexibility index (Phi) is 4.29. The predicted molar refractivity (Wildman–Crippen MR) is 85.2 cm³/mol. The molecule has 1 heterocycles. The number of likely N-dealkylation sites (N-methyl/N-ethyl adjacent to an activating group) is 1. The number of benzene rings is 1. The van der Waals surface area contributed by atoms with Crippen LogP contribution in [0.4, 0.5) is 0 Å². The van der Waals surface area contributed by atoms with Gasteiger partial charge in [-0.3, -0.25) is 9.69 Å². The monoisotopic (exact) mass is 286 g/mol. The molecule has 2 aliphatic rings. The van der Waals surface area contributed by atoms with Gasteiger partial charge in [-0.2, -0.15) is 0 Å². The Hall–Kier alpha value is -1.35. The first kappa shape index (κ1) is 14.6. The van der Waals surface area contributed by atoms with Gasteiger partial charge in [-0.05, 0) is 31.2 Å². The van der Waals surface area contributed by atoms with Crippen LogP contribution in [0.15, 0.2) is 30.3 Å². The Bertz CT molecular complexity index is 487. The van der Waals surface area contributed by atoms with Gasteiger partial charge in [-0.1, -0.05) is 36.8 Å². The number of fused-ring (bicyclic) bond motifs is 1. The number of rotatable bonds is 4. The van der Waals surface area contributed by atoms with E-state index in [2.05, 4.69) is 35.2 Å². The maximum atomic E-state index is 12.2. The number of nitrogens with zero attached hydrogens (tertiary/aromatic N) is 2. The highest BCUT2D eigenvalue weighted by molar-refractivity contribution is 5.78. The second-order valence-corrected chi connectivity index (χ2v) is 6.52. The van der Waals surface area contributed by atoms with Crippen molar-refractivity contribution in [2.75, 3.05) is 26.7 Å². The first-order valence-electron chi connectivity index (χ1n) is 8.23. The van der Waals surface area contributed by atoms with E-state index in [4.69, 9.17) is 0 Å². The Morgan fingerprint density at radius 2 is 2.05 bits per heavy atom. The zero-order valence-electron chi connectivity index (χ0n) is 13.2. The van der Waals surface area contributed by atoms with E-state index < -0.39 is 0 Å². The molecular weight excluding hydrogens is 260 g/mol. The molecule has 3 unspecified atom stereocenters. The van der Waals surface area contributed by atoms with Crippen LogP contribution in [0.1, 0.15) is 37.7 Å². The highest BCUT2D eigenvalue weighted by Gasteiger charge is 2.45. The summed E-state index contributed by atoms with van der Waals surface area (Å²) in [5.41, 5.74) is 1.45. The molecule has 1 amide bonds. The highest BCUT2D eigenvalue weighted by Crippen LogP contribution is 2.45. The molecular formula is C18H26N2O. The number of amides is 1. The van der Waals surface area contributed by atoms with Gasteiger partial charge in [-0.25, -0.2) is 0 Å². The zero-order chi connectivity index (χ0) is 14.8. The van der Waals surface area contributed by atoms with Gasteiger partial charge >= 0.3 is 0 Å². The second kappa shape index (κ2) is 6.18. The van der Waals surface area contributed by atoms with Gasteiger partial charge in [0, 0.05) is 32.1 Å². The molecule has 1 saturated heterocycles. The minimum Gasteiger partial charge on any atom is -0.345 e. The van der Waals surface area contributed by atoms with Gasteiger partial charge in [0.15, 0.2) is 0 Å². The van der Waals surface area contributed by atoms with Crippen molar-refractivity contribution in [3.63, 3.8) is 0 Å². The fourth-order valence-electron chi connectivity index (χ4n) is 4.12. The summed E-state index contributed by atoms with van der Waals surface area (Å²) in [6.07, 6.45) is 3.89. The quantitative estimate of drug-likeness (QED) is 0.849. The number of hydrogen-bond acceptors (Lipinski definition) is 2. The van der Waals surface area contributed by atoms with E-state index in [1.807, 2.05) is 18.9 Å². The molecule has 0 radical (unpaired) electrons. The van der Waals surface area contributed by atoms with Gasteiger partial charge in [0.1, 0.15) is 0 Å². The van der Waals surface area contributed by atoms with Crippen molar-refractivity contribution in [2.24, 2.45) is 5.92 Å². The third kappa shape index (κ3) is 2.84. The molecule has 0 N–H and O–H groups in total. The minimum absolute atomic E-state index is 0.261. The van der Waals surface area contributed by atoms with Crippen LogP contribution in [0.25, 0.3) is 0 Å². The molecule has 3 nitrogen and oxygen atoms in total. The molecule has 1 saturated carbocycles. The number of carbonyl (C=O) groups is 1. The van der Waals surface area contributed by atoms with Crippen molar-refractivity contribution >= 4 is 5.91 Å². The van der Waals surface area contributed by atoms with E-state index >= 15 is 0 Å². The van der Waals surface area contributed by atoms with Crippen LogP contribution in [0.2, 0.25) is 0 Å². The van der Waals surface area contributed by atoms with Gasteiger partial charge in [-0.15, -0.1) is 0 Å². The molecule has 114 valence electrons. The first-order chi connectivity index (χ1) is 10.2. The van der Waals surface area contributed by atoms with E-state index in [0.717, 1.165) is 19.0 Å². The average Bonchev–Trinajstić information content (AvgIpc) is 3.11. The molecule has 2 fully saturated rings. The molecule has 0 spiro atoms. The van der Waals surface area contributed by atoms with Crippen molar-refractivity contribution in [3.05, 3.63) is 35.9 Å². The number of carbonyl (C=O) groups excluding carboxylic acids is 1. The maximum Gasteiger partial charge on any atom is 0.236 e. The fourth-order valence-corrected chi connectivity index (χ4v) is 4.12. The summed E-state index contributed by atoms with van der Waals surface area (Å²) >= 11 is 0. The molecule has 0 bridgehead atoms. The summed E-state index contributed by atoms with van der Waals surface area (Å²) in [4.78, 5) is 16.5. The van der Waals surface area contributed by atoms with Crippen LogP contribution in [0.3, 0.4) is 0 Å². The maximum absolute atomic E-state index is 12.2. The molecule has 3 rings (SSSR count). The topological polar surface area (TPSA) is 23.6 Å². The number of likely N-dealkylation sites (tertiary alicyclic amines) is 1. The van der Waals surface area contributed by atoms with Crippen LogP contribution >= 0.6 is 0 Å². The van der Waals surface area contributed by atoms with E-state index in [9.17, 15) is 4.79 Å². The predicted octanol–water partition coefficient (Wildman–Crippen LogP) is 2.73. The zero-order valence-corrected chi connectivity index (χ0v) is 13.2. The third-order valence-corrected chi connectivity index (χ3v) is 5.41. The van der Waals surface area contributed by atoms with Crippen LogP contribution in [0, 0.1) is 5.92 Å². The largest absolute Gasteiger partial charge is 0.345 e. The minimum atomic E-state index is 0.261. The molecule has 1 aromatic carbocycles. The lowest BCUT2D eigenvalue weighted by Gasteiger charge is -2.25. The van der Waals surface area contributed by atoms with Crippen LogP contribution in [-0.4, -0.2) is 48.4 Å². The van der Waals surface area contributed by atoms with E-state index in [-0.39, 0.29) is 5.91 Å². The molecule has 1 aliphatic heterocycles. The summed E-state index contributed by atoms with van der Waals surface area (Å²) in [5, 5.41) is 0. The van der Waals surface area contributed by atoms with Gasteiger partial charge in [0.05, 0.1) is 6.54 Å². The lowest BCUT2D eigenvalue weighted by atomic mass is 9.87. The smallest absolute Gasteiger partial charge is 0.236 e. The third-order valence-electron chi connectivity index (χ3n) is 5.41. The molecule has 3 heteroatoms. The van der Waals surface area contributed by atoms with Crippen molar-refractivity contribution in [2.45, 2.75) is 38.1 Å². The fraction of sp³-hybridized carbons (Fsp3) is 0.611.